The highest BCUT2D eigenvalue weighted by atomic mass is 79.9. The average molecular weight is 330 g/mol. The number of benzene rings is 1. The SMILES string of the molecule is COC(=O)C(C)(C)CC(N)c1ccc(OC)c(Br)c1. The molecule has 1 unspecified atom stereocenters. The van der Waals surface area contributed by atoms with Gasteiger partial charge in [-0.15, -0.1) is 0 Å². The van der Waals surface area contributed by atoms with E-state index in [0.717, 1.165) is 15.8 Å². The molecule has 0 radical (unpaired) electrons. The minimum Gasteiger partial charge on any atom is -0.496 e. The molecule has 2 N–H and O–H groups in total. The summed E-state index contributed by atoms with van der Waals surface area (Å²) in [4.78, 5) is 11.7. The van der Waals surface area contributed by atoms with Crippen LogP contribution in [0.3, 0.4) is 0 Å². The molecular weight excluding hydrogens is 310 g/mol. The lowest BCUT2D eigenvalue weighted by Gasteiger charge is -2.25. The molecule has 0 aliphatic carbocycles. The Labute approximate surface area is 122 Å². The molecule has 0 heterocycles. The largest absolute Gasteiger partial charge is 0.496 e. The second-order valence-corrected chi connectivity index (χ2v) is 5.93. The summed E-state index contributed by atoms with van der Waals surface area (Å²) in [7, 11) is 3.00. The standard InChI is InChI=1S/C14H20BrNO3/c1-14(2,13(17)19-4)8-11(16)9-5-6-12(18-3)10(15)7-9/h5-7,11H,8,16H2,1-4H3. The lowest BCUT2D eigenvalue weighted by atomic mass is 9.84. The number of ether oxygens (including phenoxy) is 2. The molecular formula is C14H20BrNO3. The van der Waals surface area contributed by atoms with Gasteiger partial charge in [0.2, 0.25) is 0 Å². The number of hydrogen-bond acceptors (Lipinski definition) is 4. The Bertz CT molecular complexity index is 460. The van der Waals surface area contributed by atoms with E-state index in [1.165, 1.54) is 7.11 Å². The molecule has 1 atom stereocenters. The van der Waals surface area contributed by atoms with E-state index in [9.17, 15) is 4.79 Å². The van der Waals surface area contributed by atoms with E-state index in [1.807, 2.05) is 32.0 Å². The Morgan fingerprint density at radius 3 is 2.53 bits per heavy atom. The van der Waals surface area contributed by atoms with Crippen molar-refractivity contribution in [2.75, 3.05) is 14.2 Å². The minimum atomic E-state index is -0.611. The van der Waals surface area contributed by atoms with Crippen LogP contribution in [0.4, 0.5) is 0 Å². The first-order valence-electron chi connectivity index (χ1n) is 5.99. The minimum absolute atomic E-state index is 0.240. The zero-order valence-corrected chi connectivity index (χ0v) is 13.3. The van der Waals surface area contributed by atoms with Gasteiger partial charge in [0, 0.05) is 6.04 Å². The summed E-state index contributed by atoms with van der Waals surface area (Å²) in [5, 5.41) is 0. The van der Waals surface area contributed by atoms with E-state index in [0.29, 0.717) is 6.42 Å². The number of carbonyl (C=O) groups is 1. The highest BCUT2D eigenvalue weighted by Crippen LogP contribution is 2.33. The van der Waals surface area contributed by atoms with E-state index in [4.69, 9.17) is 15.2 Å². The van der Waals surface area contributed by atoms with Crippen LogP contribution in [0.2, 0.25) is 0 Å². The van der Waals surface area contributed by atoms with Crippen LogP contribution in [0.25, 0.3) is 0 Å². The van der Waals surface area contributed by atoms with Crippen molar-refractivity contribution in [1.29, 1.82) is 0 Å². The first-order chi connectivity index (χ1) is 8.81. The molecule has 0 saturated heterocycles. The fourth-order valence-electron chi connectivity index (χ4n) is 1.94. The first kappa shape index (κ1) is 16.0. The number of esters is 1. The number of rotatable bonds is 5. The van der Waals surface area contributed by atoms with Gasteiger partial charge in [-0.3, -0.25) is 4.79 Å². The molecule has 0 aliphatic heterocycles. The van der Waals surface area contributed by atoms with E-state index in [-0.39, 0.29) is 12.0 Å². The molecule has 1 aromatic carbocycles. The zero-order chi connectivity index (χ0) is 14.6. The van der Waals surface area contributed by atoms with Crippen molar-refractivity contribution in [2.45, 2.75) is 26.3 Å². The molecule has 1 aromatic rings. The number of nitrogens with two attached hydrogens (primary N) is 1. The number of halogens is 1. The fourth-order valence-corrected chi connectivity index (χ4v) is 2.50. The summed E-state index contributed by atoms with van der Waals surface area (Å²) < 4.78 is 10.8. The second-order valence-electron chi connectivity index (χ2n) is 5.08. The zero-order valence-electron chi connectivity index (χ0n) is 11.7. The number of methoxy groups -OCH3 is 2. The maximum atomic E-state index is 11.7. The molecule has 0 aromatic heterocycles. The molecule has 4 nitrogen and oxygen atoms in total. The molecule has 1 rings (SSSR count). The molecule has 0 spiro atoms. The number of carbonyl (C=O) groups excluding carboxylic acids is 1. The Morgan fingerprint density at radius 1 is 1.42 bits per heavy atom. The normalized spacial score (nSPS) is 12.9. The van der Waals surface area contributed by atoms with Gasteiger partial charge < -0.3 is 15.2 Å². The van der Waals surface area contributed by atoms with Crippen molar-refractivity contribution >= 4 is 21.9 Å². The Balaban J connectivity index is 2.86. The van der Waals surface area contributed by atoms with E-state index >= 15 is 0 Å². The van der Waals surface area contributed by atoms with E-state index < -0.39 is 5.41 Å². The summed E-state index contributed by atoms with van der Waals surface area (Å²) in [6, 6.07) is 5.43. The molecule has 0 bridgehead atoms. The lowest BCUT2D eigenvalue weighted by molar-refractivity contribution is -0.151. The topological polar surface area (TPSA) is 61.5 Å². The van der Waals surface area contributed by atoms with Gasteiger partial charge in [0.15, 0.2) is 0 Å². The van der Waals surface area contributed by atoms with E-state index in [2.05, 4.69) is 15.9 Å². The highest BCUT2D eigenvalue weighted by molar-refractivity contribution is 9.10. The quantitative estimate of drug-likeness (QED) is 0.843. The van der Waals surface area contributed by atoms with Crippen LogP contribution in [0, 0.1) is 5.41 Å². The third-order valence-corrected chi connectivity index (χ3v) is 3.69. The highest BCUT2D eigenvalue weighted by Gasteiger charge is 2.31. The molecule has 0 saturated carbocycles. The Kier molecular flexibility index (Phi) is 5.38. The van der Waals surface area contributed by atoms with Crippen LogP contribution in [0.15, 0.2) is 22.7 Å². The van der Waals surface area contributed by atoms with Crippen LogP contribution in [0.1, 0.15) is 31.9 Å². The van der Waals surface area contributed by atoms with Crippen molar-refractivity contribution in [2.24, 2.45) is 11.1 Å². The van der Waals surface area contributed by atoms with Gasteiger partial charge in [-0.25, -0.2) is 0 Å². The maximum Gasteiger partial charge on any atom is 0.311 e. The summed E-state index contributed by atoms with van der Waals surface area (Å²) in [6.07, 6.45) is 0.512. The van der Waals surface area contributed by atoms with Crippen LogP contribution in [0.5, 0.6) is 5.75 Å². The Hall–Kier alpha value is -1.07. The van der Waals surface area contributed by atoms with E-state index in [1.54, 1.807) is 7.11 Å². The van der Waals surface area contributed by atoms with Gasteiger partial charge in [0.1, 0.15) is 5.75 Å². The summed E-state index contributed by atoms with van der Waals surface area (Å²) >= 11 is 3.43. The van der Waals surface area contributed by atoms with Gasteiger partial charge >= 0.3 is 5.97 Å². The lowest BCUT2D eigenvalue weighted by Crippen LogP contribution is -2.30. The van der Waals surface area contributed by atoms with Crippen LogP contribution < -0.4 is 10.5 Å². The molecule has 0 amide bonds. The van der Waals surface area contributed by atoms with Crippen LogP contribution in [-0.2, 0) is 9.53 Å². The fraction of sp³-hybridized carbons (Fsp3) is 0.500. The van der Waals surface area contributed by atoms with Crippen LogP contribution >= 0.6 is 15.9 Å². The van der Waals surface area contributed by atoms with Gasteiger partial charge in [-0.1, -0.05) is 6.07 Å². The van der Waals surface area contributed by atoms with Gasteiger partial charge in [0.05, 0.1) is 24.1 Å². The van der Waals surface area contributed by atoms with Crippen molar-refractivity contribution < 1.29 is 14.3 Å². The third-order valence-electron chi connectivity index (χ3n) is 3.07. The molecule has 19 heavy (non-hydrogen) atoms. The van der Waals surface area contributed by atoms with Gasteiger partial charge in [0.25, 0.3) is 0 Å². The van der Waals surface area contributed by atoms with Crippen molar-refractivity contribution in [1.82, 2.24) is 0 Å². The maximum absolute atomic E-state index is 11.7. The number of hydrogen-bond donors (Lipinski definition) is 1. The predicted octanol–water partition coefficient (Wildman–Crippen LogP) is 3.05. The summed E-state index contributed by atoms with van der Waals surface area (Å²) in [5.41, 5.74) is 6.50. The first-order valence-corrected chi connectivity index (χ1v) is 6.78. The third kappa shape index (κ3) is 3.94. The van der Waals surface area contributed by atoms with Crippen molar-refractivity contribution in [3.8, 4) is 5.75 Å². The molecule has 5 heteroatoms. The van der Waals surface area contributed by atoms with Crippen molar-refractivity contribution in [3.63, 3.8) is 0 Å². The predicted molar refractivity (Wildman–Crippen MR) is 78.0 cm³/mol. The second kappa shape index (κ2) is 6.39. The average Bonchev–Trinajstić information content (AvgIpc) is 2.36. The Morgan fingerprint density at radius 2 is 2.05 bits per heavy atom. The van der Waals surface area contributed by atoms with Gasteiger partial charge in [-0.2, -0.15) is 0 Å². The monoisotopic (exact) mass is 329 g/mol. The van der Waals surface area contributed by atoms with Gasteiger partial charge in [-0.05, 0) is 53.9 Å². The summed E-state index contributed by atoms with van der Waals surface area (Å²) in [5.74, 6) is 0.499. The van der Waals surface area contributed by atoms with Crippen molar-refractivity contribution in [3.05, 3.63) is 28.2 Å². The molecule has 0 fully saturated rings. The molecule has 106 valence electrons. The van der Waals surface area contributed by atoms with Crippen LogP contribution in [-0.4, -0.2) is 20.2 Å². The molecule has 0 aliphatic rings. The summed E-state index contributed by atoms with van der Waals surface area (Å²) in [6.45, 7) is 3.66. The smallest absolute Gasteiger partial charge is 0.311 e.